The van der Waals surface area contributed by atoms with Crippen molar-refractivity contribution >= 4 is 5.97 Å². The minimum absolute atomic E-state index is 0.0412. The summed E-state index contributed by atoms with van der Waals surface area (Å²) in [6.07, 6.45) is 34.5. The van der Waals surface area contributed by atoms with E-state index in [4.69, 9.17) is 4.74 Å². The van der Waals surface area contributed by atoms with E-state index in [1.807, 2.05) is 0 Å². The van der Waals surface area contributed by atoms with Crippen LogP contribution in [0.2, 0.25) is 0 Å². The largest absolute Gasteiger partial charge is 0.464 e. The normalized spacial score (nSPS) is 11.7. The number of likely N-dealkylation sites (N-methyl/N-ethyl adjacent to an activating group) is 1. The molecule has 0 spiro atoms. The van der Waals surface area contributed by atoms with Gasteiger partial charge in [-0.15, -0.1) is 0 Å². The number of quaternary nitrogens is 1. The molecule has 0 saturated heterocycles. The van der Waals surface area contributed by atoms with Gasteiger partial charge in [-0.05, 0) is 19.3 Å². The molecular formula is C40H81N2O3+. The van der Waals surface area contributed by atoms with Crippen molar-refractivity contribution in [3.63, 3.8) is 0 Å². The molecule has 0 aromatic heterocycles. The maximum atomic E-state index is 12.4. The van der Waals surface area contributed by atoms with Gasteiger partial charge in [-0.1, -0.05) is 162 Å². The van der Waals surface area contributed by atoms with Gasteiger partial charge in [0.1, 0.15) is 13.2 Å². The minimum Gasteiger partial charge on any atom is -0.464 e. The Hall–Kier alpha value is -1.07. The van der Waals surface area contributed by atoms with Gasteiger partial charge in [0.2, 0.25) is 0 Å². The molecule has 0 radical (unpaired) electrons. The lowest BCUT2D eigenvalue weighted by Crippen LogP contribution is -2.42. The van der Waals surface area contributed by atoms with Crippen LogP contribution in [0.5, 0.6) is 0 Å². The Morgan fingerprint density at radius 1 is 0.578 bits per heavy atom. The number of aliphatic hydroxyl groups is 1. The lowest BCUT2D eigenvalue weighted by atomic mass is 10.0. The van der Waals surface area contributed by atoms with Crippen LogP contribution in [-0.4, -0.2) is 73.9 Å². The third kappa shape index (κ3) is 31.3. The predicted molar refractivity (Wildman–Crippen MR) is 197 cm³/mol. The molecule has 0 aliphatic heterocycles. The van der Waals surface area contributed by atoms with Crippen molar-refractivity contribution in [2.45, 2.75) is 187 Å². The number of carbonyl (C=O) groups is 1. The van der Waals surface area contributed by atoms with E-state index in [-0.39, 0.29) is 12.6 Å². The van der Waals surface area contributed by atoms with E-state index in [2.05, 4.69) is 39.4 Å². The van der Waals surface area contributed by atoms with Crippen LogP contribution in [0, 0.1) is 0 Å². The summed E-state index contributed by atoms with van der Waals surface area (Å²) in [6.45, 7) is 13.2. The molecular weight excluding hydrogens is 556 g/mol. The summed E-state index contributed by atoms with van der Waals surface area (Å²) in [7, 11) is 4.36. The van der Waals surface area contributed by atoms with Gasteiger partial charge in [-0.25, -0.2) is 0 Å². The molecule has 0 saturated carbocycles. The number of ether oxygens (including phenoxy) is 1. The van der Waals surface area contributed by atoms with Crippen molar-refractivity contribution in [3.8, 4) is 0 Å². The van der Waals surface area contributed by atoms with Crippen LogP contribution in [0.4, 0.5) is 0 Å². The van der Waals surface area contributed by atoms with Crippen LogP contribution in [-0.2, 0) is 9.53 Å². The average molecular weight is 638 g/mol. The average Bonchev–Trinajstić information content (AvgIpc) is 3.01. The Labute approximate surface area is 282 Å². The Bertz CT molecular complexity index is 651. The zero-order valence-electron chi connectivity index (χ0n) is 31.2. The molecule has 0 aromatic carbocycles. The van der Waals surface area contributed by atoms with Crippen LogP contribution >= 0.6 is 0 Å². The number of nitrogens with zero attached hydrogens (tertiary/aromatic N) is 2. The summed E-state index contributed by atoms with van der Waals surface area (Å²) >= 11 is 0. The molecule has 45 heavy (non-hydrogen) atoms. The van der Waals surface area contributed by atoms with Gasteiger partial charge >= 0.3 is 5.97 Å². The summed E-state index contributed by atoms with van der Waals surface area (Å²) in [6, 6.07) is 0. The van der Waals surface area contributed by atoms with Crippen molar-refractivity contribution in [1.82, 2.24) is 4.90 Å². The first-order chi connectivity index (χ1) is 21.9. The Balaban J connectivity index is 4.21. The van der Waals surface area contributed by atoms with Crippen molar-refractivity contribution in [2.24, 2.45) is 0 Å². The third-order valence-electron chi connectivity index (χ3n) is 9.52. The summed E-state index contributed by atoms with van der Waals surface area (Å²) in [5, 5.41) is 9.35. The number of hydrogen-bond acceptors (Lipinski definition) is 4. The molecule has 0 heterocycles. The fourth-order valence-corrected chi connectivity index (χ4v) is 6.28. The number of allylic oxidation sites excluding steroid dienone is 1. The fourth-order valence-electron chi connectivity index (χ4n) is 6.28. The molecule has 0 unspecified atom stereocenters. The lowest BCUT2D eigenvalue weighted by molar-refractivity contribution is -0.890. The molecule has 0 amide bonds. The molecule has 0 fully saturated rings. The smallest absolute Gasteiger partial charge is 0.305 e. The van der Waals surface area contributed by atoms with Gasteiger partial charge in [-0.2, -0.15) is 0 Å². The molecule has 0 aliphatic carbocycles. The number of unbranched alkanes of at least 4 members (excludes halogenated alkanes) is 22. The number of rotatable bonds is 36. The summed E-state index contributed by atoms with van der Waals surface area (Å²) in [5.41, 5.74) is 1.17. The topological polar surface area (TPSA) is 49.8 Å². The van der Waals surface area contributed by atoms with E-state index in [1.54, 1.807) is 0 Å². The molecule has 5 nitrogen and oxygen atoms in total. The number of carbonyl (C=O) groups excluding carboxylic acids is 1. The number of esters is 1. The molecule has 0 aliphatic rings. The SMILES string of the molecule is C=C(CCC[N+](C)(C)CCO)N(CCCCCCCCCCCCCCC)CCOC(=O)CCCCCCCCCCCCC. The first kappa shape index (κ1) is 43.9. The van der Waals surface area contributed by atoms with Gasteiger partial charge in [0.15, 0.2) is 0 Å². The predicted octanol–water partition coefficient (Wildman–Crippen LogP) is 11.0. The standard InChI is InChI=1S/C40H81N2O3/c1-6-8-10-12-14-16-18-19-21-23-25-27-29-33-41(39(3)31-30-35-42(4,5)36-37-43)34-38-45-40(44)32-28-26-24-22-20-17-15-13-11-9-7-2/h43H,3,6-38H2,1-2,4-5H3/q+1. The van der Waals surface area contributed by atoms with Gasteiger partial charge in [0.05, 0.1) is 33.8 Å². The molecule has 0 rings (SSSR count). The van der Waals surface area contributed by atoms with Crippen LogP contribution in [0.25, 0.3) is 0 Å². The van der Waals surface area contributed by atoms with Crippen molar-refractivity contribution in [2.75, 3.05) is 53.5 Å². The first-order valence-corrected chi connectivity index (χ1v) is 19.9. The molecule has 0 aromatic rings. The number of aliphatic hydroxyl groups excluding tert-OH is 1. The molecule has 268 valence electrons. The summed E-state index contributed by atoms with van der Waals surface area (Å²) in [4.78, 5) is 14.8. The van der Waals surface area contributed by atoms with E-state index in [0.717, 1.165) is 56.3 Å². The molecule has 0 atom stereocenters. The monoisotopic (exact) mass is 638 g/mol. The fraction of sp³-hybridized carbons (Fsp3) is 0.925. The molecule has 0 bridgehead atoms. The van der Waals surface area contributed by atoms with E-state index in [9.17, 15) is 9.90 Å². The maximum Gasteiger partial charge on any atom is 0.305 e. The van der Waals surface area contributed by atoms with Crippen LogP contribution in [0.1, 0.15) is 187 Å². The maximum absolute atomic E-state index is 12.4. The zero-order chi connectivity index (χ0) is 33.3. The quantitative estimate of drug-likeness (QED) is 0.0422. The summed E-state index contributed by atoms with van der Waals surface area (Å²) < 4.78 is 6.50. The highest BCUT2D eigenvalue weighted by Crippen LogP contribution is 2.16. The summed E-state index contributed by atoms with van der Waals surface area (Å²) in [5.74, 6) is -0.0412. The van der Waals surface area contributed by atoms with Gasteiger partial charge in [0.25, 0.3) is 0 Å². The molecule has 5 heteroatoms. The van der Waals surface area contributed by atoms with Crippen LogP contribution in [0.15, 0.2) is 12.3 Å². The van der Waals surface area contributed by atoms with E-state index in [1.165, 1.54) is 147 Å². The second-order valence-corrected chi connectivity index (χ2v) is 14.5. The minimum atomic E-state index is -0.0412. The van der Waals surface area contributed by atoms with Gasteiger partial charge in [-0.3, -0.25) is 4.79 Å². The van der Waals surface area contributed by atoms with Gasteiger partial charge < -0.3 is 19.2 Å². The second kappa shape index (κ2) is 32.9. The zero-order valence-corrected chi connectivity index (χ0v) is 31.2. The van der Waals surface area contributed by atoms with E-state index >= 15 is 0 Å². The van der Waals surface area contributed by atoms with Crippen LogP contribution in [0.3, 0.4) is 0 Å². The van der Waals surface area contributed by atoms with Crippen LogP contribution < -0.4 is 0 Å². The Morgan fingerprint density at radius 3 is 1.44 bits per heavy atom. The van der Waals surface area contributed by atoms with Crippen molar-refractivity contribution in [1.29, 1.82) is 0 Å². The van der Waals surface area contributed by atoms with Gasteiger partial charge in [0, 0.05) is 25.1 Å². The number of hydrogen-bond donors (Lipinski definition) is 1. The lowest BCUT2D eigenvalue weighted by Gasteiger charge is -2.31. The highest BCUT2D eigenvalue weighted by molar-refractivity contribution is 5.69. The molecule has 1 N–H and O–H groups in total. The third-order valence-corrected chi connectivity index (χ3v) is 9.52. The first-order valence-electron chi connectivity index (χ1n) is 19.9. The van der Waals surface area contributed by atoms with E-state index < -0.39 is 0 Å². The van der Waals surface area contributed by atoms with Crippen molar-refractivity contribution < 1.29 is 19.1 Å². The Morgan fingerprint density at radius 2 is 1.00 bits per heavy atom. The second-order valence-electron chi connectivity index (χ2n) is 14.5. The Kier molecular flexibility index (Phi) is 32.1. The van der Waals surface area contributed by atoms with Crippen molar-refractivity contribution in [3.05, 3.63) is 12.3 Å². The highest BCUT2D eigenvalue weighted by atomic mass is 16.5. The highest BCUT2D eigenvalue weighted by Gasteiger charge is 2.15. The van der Waals surface area contributed by atoms with E-state index in [0.29, 0.717) is 13.0 Å².